The first-order chi connectivity index (χ1) is 11.1. The fourth-order valence-electron chi connectivity index (χ4n) is 3.93. The summed E-state index contributed by atoms with van der Waals surface area (Å²) in [5.41, 5.74) is 1.18. The Morgan fingerprint density at radius 1 is 1.39 bits per heavy atom. The van der Waals surface area contributed by atoms with E-state index in [4.69, 9.17) is 0 Å². The van der Waals surface area contributed by atoms with Crippen LogP contribution in [0.3, 0.4) is 0 Å². The van der Waals surface area contributed by atoms with Gasteiger partial charge < -0.3 is 15.5 Å². The van der Waals surface area contributed by atoms with Gasteiger partial charge in [0, 0.05) is 31.7 Å². The van der Waals surface area contributed by atoms with Gasteiger partial charge in [0.25, 0.3) is 5.91 Å². The smallest absolute Gasteiger partial charge is 0.251 e. The topological polar surface area (TPSA) is 44.4 Å². The molecule has 1 aromatic rings. The Bertz CT molecular complexity index is 511. The predicted octanol–water partition coefficient (Wildman–Crippen LogP) is 2.13. The van der Waals surface area contributed by atoms with Gasteiger partial charge in [0.15, 0.2) is 0 Å². The Labute approximate surface area is 139 Å². The lowest BCUT2D eigenvalue weighted by Gasteiger charge is -2.37. The largest absolute Gasteiger partial charge is 0.352 e. The zero-order valence-electron chi connectivity index (χ0n) is 14.2. The van der Waals surface area contributed by atoms with Gasteiger partial charge in [-0.3, -0.25) is 4.79 Å². The Kier molecular flexibility index (Phi) is 5.34. The van der Waals surface area contributed by atoms with Crippen LogP contribution in [-0.2, 0) is 0 Å². The van der Waals surface area contributed by atoms with Crippen LogP contribution in [0.5, 0.6) is 0 Å². The van der Waals surface area contributed by atoms with E-state index < -0.39 is 0 Å². The summed E-state index contributed by atoms with van der Waals surface area (Å²) in [5, 5.41) is 6.60. The maximum Gasteiger partial charge on any atom is 0.251 e. The molecule has 0 aliphatic carbocycles. The number of likely N-dealkylation sites (tertiary alicyclic amines) is 1. The number of nitrogens with zero attached hydrogens (tertiary/aromatic N) is 1. The third-order valence-electron chi connectivity index (χ3n) is 5.25. The van der Waals surface area contributed by atoms with Crippen LogP contribution in [-0.4, -0.2) is 50.1 Å². The number of carbonyl (C=O) groups excluding carboxylic acids is 1. The van der Waals surface area contributed by atoms with Crippen molar-refractivity contribution in [1.29, 1.82) is 0 Å². The lowest BCUT2D eigenvalue weighted by atomic mass is 9.87. The molecule has 0 saturated carbocycles. The van der Waals surface area contributed by atoms with Gasteiger partial charge in [0.05, 0.1) is 0 Å². The van der Waals surface area contributed by atoms with Gasteiger partial charge >= 0.3 is 0 Å². The molecular formula is C19H29N3O. The number of hydrogen-bond donors (Lipinski definition) is 2. The van der Waals surface area contributed by atoms with Crippen LogP contribution in [0.25, 0.3) is 0 Å². The average molecular weight is 315 g/mol. The lowest BCUT2D eigenvalue weighted by Crippen LogP contribution is -2.45. The van der Waals surface area contributed by atoms with Crippen molar-refractivity contribution < 1.29 is 4.79 Å². The van der Waals surface area contributed by atoms with E-state index in [0.29, 0.717) is 11.3 Å². The lowest BCUT2D eigenvalue weighted by molar-refractivity contribution is 0.0911. The Hall–Kier alpha value is -1.39. The minimum absolute atomic E-state index is 0.0506. The number of piperidine rings is 1. The van der Waals surface area contributed by atoms with Crippen LogP contribution in [0.15, 0.2) is 30.3 Å². The number of carbonyl (C=O) groups is 1. The quantitative estimate of drug-likeness (QED) is 0.875. The van der Waals surface area contributed by atoms with Crippen molar-refractivity contribution in [2.45, 2.75) is 26.2 Å². The van der Waals surface area contributed by atoms with Gasteiger partial charge in [0.1, 0.15) is 0 Å². The Morgan fingerprint density at radius 3 is 2.96 bits per heavy atom. The summed E-state index contributed by atoms with van der Waals surface area (Å²) in [4.78, 5) is 14.8. The summed E-state index contributed by atoms with van der Waals surface area (Å²) in [7, 11) is 0. The highest BCUT2D eigenvalue weighted by molar-refractivity contribution is 5.94. The molecule has 2 fully saturated rings. The van der Waals surface area contributed by atoms with Crippen molar-refractivity contribution in [3.63, 3.8) is 0 Å². The fourth-order valence-corrected chi connectivity index (χ4v) is 3.93. The van der Waals surface area contributed by atoms with Crippen molar-refractivity contribution in [3.8, 4) is 0 Å². The molecule has 3 rings (SSSR count). The van der Waals surface area contributed by atoms with Crippen LogP contribution < -0.4 is 10.6 Å². The van der Waals surface area contributed by atoms with E-state index in [0.717, 1.165) is 31.7 Å². The standard InChI is InChI=1S/C19H29N3O/c1-19(9-10-20-14-19)15-22-11-5-6-16(13-22)12-21-18(23)17-7-3-2-4-8-17/h2-4,7-8,16,20H,5-6,9-15H2,1H3,(H,21,23). The zero-order chi connectivity index (χ0) is 16.1. The summed E-state index contributed by atoms with van der Waals surface area (Å²) in [6.45, 7) is 8.99. The van der Waals surface area contributed by atoms with Crippen molar-refractivity contribution in [1.82, 2.24) is 15.5 Å². The second-order valence-electron chi connectivity index (χ2n) is 7.56. The predicted molar refractivity (Wildman–Crippen MR) is 93.5 cm³/mol. The van der Waals surface area contributed by atoms with Gasteiger partial charge in [0.2, 0.25) is 0 Å². The fraction of sp³-hybridized carbons (Fsp3) is 0.632. The molecule has 2 aliphatic rings. The Morgan fingerprint density at radius 2 is 2.22 bits per heavy atom. The molecule has 4 nitrogen and oxygen atoms in total. The minimum atomic E-state index is 0.0506. The molecule has 0 radical (unpaired) electrons. The monoisotopic (exact) mass is 315 g/mol. The Balaban J connectivity index is 1.46. The summed E-state index contributed by atoms with van der Waals surface area (Å²) < 4.78 is 0. The van der Waals surface area contributed by atoms with Crippen molar-refractivity contribution in [2.75, 3.05) is 39.3 Å². The van der Waals surface area contributed by atoms with E-state index in [9.17, 15) is 4.79 Å². The summed E-state index contributed by atoms with van der Waals surface area (Å²) in [6, 6.07) is 9.50. The number of amides is 1. The number of hydrogen-bond acceptors (Lipinski definition) is 3. The van der Waals surface area contributed by atoms with E-state index in [2.05, 4.69) is 22.5 Å². The third-order valence-corrected chi connectivity index (χ3v) is 5.25. The summed E-state index contributed by atoms with van der Waals surface area (Å²) in [6.07, 6.45) is 3.74. The molecule has 2 unspecified atom stereocenters. The van der Waals surface area contributed by atoms with Gasteiger partial charge in [-0.2, -0.15) is 0 Å². The molecule has 1 aromatic carbocycles. The molecule has 2 N–H and O–H groups in total. The highest BCUT2D eigenvalue weighted by Crippen LogP contribution is 2.28. The van der Waals surface area contributed by atoms with Crippen molar-refractivity contribution >= 4 is 5.91 Å². The van der Waals surface area contributed by atoms with Crippen LogP contribution >= 0.6 is 0 Å². The number of nitrogens with one attached hydrogen (secondary N) is 2. The minimum Gasteiger partial charge on any atom is -0.352 e. The van der Waals surface area contributed by atoms with E-state index in [1.165, 1.54) is 32.4 Å². The molecule has 126 valence electrons. The molecule has 0 spiro atoms. The zero-order valence-corrected chi connectivity index (χ0v) is 14.2. The SMILES string of the molecule is CC1(CN2CCCC(CNC(=O)c3ccccc3)C2)CCNC1. The van der Waals surface area contributed by atoms with Crippen LogP contribution in [0, 0.1) is 11.3 Å². The normalized spacial score (nSPS) is 28.7. The van der Waals surface area contributed by atoms with Crippen LogP contribution in [0.1, 0.15) is 36.5 Å². The van der Waals surface area contributed by atoms with E-state index in [1.807, 2.05) is 30.3 Å². The summed E-state index contributed by atoms with van der Waals surface area (Å²) in [5.74, 6) is 0.629. The molecule has 2 aliphatic heterocycles. The van der Waals surface area contributed by atoms with Gasteiger partial charge in [-0.15, -0.1) is 0 Å². The van der Waals surface area contributed by atoms with Gasteiger partial charge in [-0.1, -0.05) is 25.1 Å². The van der Waals surface area contributed by atoms with Crippen molar-refractivity contribution in [3.05, 3.63) is 35.9 Å². The second kappa shape index (κ2) is 7.45. The molecule has 4 heteroatoms. The first-order valence-corrected chi connectivity index (χ1v) is 8.91. The highest BCUT2D eigenvalue weighted by atomic mass is 16.1. The molecule has 1 amide bonds. The van der Waals surface area contributed by atoms with E-state index in [1.54, 1.807) is 0 Å². The molecule has 2 saturated heterocycles. The highest BCUT2D eigenvalue weighted by Gasteiger charge is 2.32. The average Bonchev–Trinajstić information content (AvgIpc) is 3.00. The maximum atomic E-state index is 12.2. The third kappa shape index (κ3) is 4.55. The molecule has 23 heavy (non-hydrogen) atoms. The van der Waals surface area contributed by atoms with Gasteiger partial charge in [-0.05, 0) is 55.8 Å². The molecular weight excluding hydrogens is 286 g/mol. The first kappa shape index (κ1) is 16.5. The molecule has 2 atom stereocenters. The maximum absolute atomic E-state index is 12.2. The van der Waals surface area contributed by atoms with E-state index >= 15 is 0 Å². The van der Waals surface area contributed by atoms with E-state index in [-0.39, 0.29) is 5.91 Å². The summed E-state index contributed by atoms with van der Waals surface area (Å²) >= 11 is 0. The second-order valence-corrected chi connectivity index (χ2v) is 7.56. The first-order valence-electron chi connectivity index (χ1n) is 8.91. The molecule has 2 heterocycles. The van der Waals surface area contributed by atoms with Crippen LogP contribution in [0.4, 0.5) is 0 Å². The van der Waals surface area contributed by atoms with Gasteiger partial charge in [-0.25, -0.2) is 0 Å². The number of rotatable bonds is 5. The molecule has 0 bridgehead atoms. The van der Waals surface area contributed by atoms with Crippen molar-refractivity contribution in [2.24, 2.45) is 11.3 Å². The molecule has 0 aromatic heterocycles. The number of benzene rings is 1. The van der Waals surface area contributed by atoms with Crippen LogP contribution in [0.2, 0.25) is 0 Å².